The molecule has 3 aliphatic carbocycles. The van der Waals surface area contributed by atoms with Crippen molar-refractivity contribution in [2.75, 3.05) is 0 Å². The molecule has 0 fully saturated rings. The second-order valence-corrected chi connectivity index (χ2v) is 14.7. The Kier molecular flexibility index (Phi) is 7.77. The lowest BCUT2D eigenvalue weighted by Gasteiger charge is -2.62. The Morgan fingerprint density at radius 1 is 0.905 bits per heavy atom. The summed E-state index contributed by atoms with van der Waals surface area (Å²) >= 11 is 0. The van der Waals surface area contributed by atoms with Crippen LogP contribution in [0.4, 0.5) is 0 Å². The first-order valence-electron chi connectivity index (χ1n) is 15.4. The van der Waals surface area contributed by atoms with Gasteiger partial charge in [0.25, 0.3) is 0 Å². The monoisotopic (exact) mass is 558 g/mol. The SMILES string of the molecule is C.C=C(C)C1=C(C)C[C@@]2(C)C[C@@]3(C)Cc4c(C(C)C)cc(-c5cccc(C(=C)C)c5)c(C)c4C(=C)C3=C(C)[C@@]2(C)C1=C. The molecule has 3 aliphatic rings. The molecule has 5 rings (SSSR count). The van der Waals surface area contributed by atoms with Crippen LogP contribution < -0.4 is 0 Å². The second-order valence-electron chi connectivity index (χ2n) is 14.7. The topological polar surface area (TPSA) is 0 Å². The minimum atomic E-state index is -0.141. The molecule has 2 aromatic carbocycles. The fourth-order valence-corrected chi connectivity index (χ4v) is 9.39. The maximum absolute atomic E-state index is 4.93. The summed E-state index contributed by atoms with van der Waals surface area (Å²) in [5.41, 5.74) is 19.8. The lowest BCUT2D eigenvalue weighted by Crippen LogP contribution is -2.52. The highest BCUT2D eigenvalue weighted by Crippen LogP contribution is 2.70. The Morgan fingerprint density at radius 3 is 2.12 bits per heavy atom. The van der Waals surface area contributed by atoms with Crippen molar-refractivity contribution in [1.29, 1.82) is 0 Å². The molecule has 0 unspecified atom stereocenters. The summed E-state index contributed by atoms with van der Waals surface area (Å²) < 4.78 is 0. The Morgan fingerprint density at radius 2 is 1.55 bits per heavy atom. The van der Waals surface area contributed by atoms with Gasteiger partial charge in [-0.1, -0.05) is 115 Å². The summed E-state index contributed by atoms with van der Waals surface area (Å²) in [5, 5.41) is 0. The standard InChI is InChI=1S/C41H50.CH4/c1-23(2)31-16-15-17-32(18-31)34-19-33(24(3)4)35-21-39(12)22-40(13)20-26(7)36(25(5)6)29(10)41(40,14)30(11)38(39)28(9)37(35)27(34)8;/h15-19,24H,1,5,9-10,20-22H2,2-4,6-8,11-14H3;1H4/t39-,40+,41-;/m1./s1. The lowest BCUT2D eigenvalue weighted by molar-refractivity contribution is 0.0543. The zero-order valence-electron chi connectivity index (χ0n) is 27.4. The van der Waals surface area contributed by atoms with E-state index in [9.17, 15) is 0 Å². The normalized spacial score (nSPS) is 26.9. The van der Waals surface area contributed by atoms with E-state index >= 15 is 0 Å². The number of benzene rings is 2. The molecular weight excluding hydrogens is 504 g/mol. The van der Waals surface area contributed by atoms with Gasteiger partial charge in [0, 0.05) is 5.41 Å². The van der Waals surface area contributed by atoms with Gasteiger partial charge in [0.05, 0.1) is 0 Å². The van der Waals surface area contributed by atoms with Crippen molar-refractivity contribution in [3.05, 3.63) is 118 Å². The van der Waals surface area contributed by atoms with Gasteiger partial charge >= 0.3 is 0 Å². The predicted octanol–water partition coefficient (Wildman–Crippen LogP) is 12.6. The molecule has 0 aliphatic heterocycles. The molecule has 42 heavy (non-hydrogen) atoms. The van der Waals surface area contributed by atoms with Crippen molar-refractivity contribution in [2.45, 2.75) is 102 Å². The predicted molar refractivity (Wildman–Crippen MR) is 188 cm³/mol. The molecule has 0 nitrogen and oxygen atoms in total. The average Bonchev–Trinajstić information content (AvgIpc) is 2.85. The zero-order chi connectivity index (χ0) is 30.4. The third-order valence-electron chi connectivity index (χ3n) is 11.3. The van der Waals surface area contributed by atoms with E-state index in [2.05, 4.69) is 113 Å². The molecule has 0 radical (unpaired) electrons. The second kappa shape index (κ2) is 10.3. The van der Waals surface area contributed by atoms with Crippen LogP contribution in [-0.2, 0) is 6.42 Å². The van der Waals surface area contributed by atoms with E-state index in [1.54, 1.807) is 0 Å². The van der Waals surface area contributed by atoms with E-state index in [4.69, 9.17) is 13.2 Å². The molecule has 0 heterocycles. The molecule has 2 aromatic rings. The fraction of sp³-hybridized carbons (Fsp3) is 0.429. The molecular formula is C42H54. The highest BCUT2D eigenvalue weighted by Gasteiger charge is 2.59. The van der Waals surface area contributed by atoms with Crippen molar-refractivity contribution in [3.8, 4) is 11.1 Å². The largest absolute Gasteiger partial charge is 0.0955 e. The van der Waals surface area contributed by atoms with Crippen molar-refractivity contribution in [1.82, 2.24) is 0 Å². The van der Waals surface area contributed by atoms with Crippen molar-refractivity contribution in [3.63, 3.8) is 0 Å². The lowest BCUT2D eigenvalue weighted by atomic mass is 9.41. The van der Waals surface area contributed by atoms with Crippen LogP contribution in [0.15, 0.2) is 90.1 Å². The number of fused-ring (bicyclic) bond motifs is 3. The van der Waals surface area contributed by atoms with Crippen LogP contribution in [0, 0.1) is 23.2 Å². The third-order valence-corrected chi connectivity index (χ3v) is 11.3. The van der Waals surface area contributed by atoms with Gasteiger partial charge < -0.3 is 0 Å². The Labute approximate surface area is 257 Å². The first-order chi connectivity index (χ1) is 19.0. The summed E-state index contributed by atoms with van der Waals surface area (Å²) in [7, 11) is 0. The van der Waals surface area contributed by atoms with Crippen LogP contribution in [0.25, 0.3) is 22.3 Å². The molecule has 0 spiro atoms. The van der Waals surface area contributed by atoms with E-state index in [1.165, 1.54) is 72.4 Å². The molecule has 222 valence electrons. The Bertz CT molecular complexity index is 1630. The van der Waals surface area contributed by atoms with Crippen LogP contribution >= 0.6 is 0 Å². The maximum Gasteiger partial charge on any atom is 0.0194 e. The summed E-state index contributed by atoms with van der Waals surface area (Å²) in [6.07, 6.45) is 3.27. The Balaban J connectivity index is 0.00000405. The zero-order valence-corrected chi connectivity index (χ0v) is 27.4. The molecule has 0 heteroatoms. The molecule has 0 bridgehead atoms. The van der Waals surface area contributed by atoms with E-state index < -0.39 is 0 Å². The van der Waals surface area contributed by atoms with E-state index in [-0.39, 0.29) is 23.7 Å². The van der Waals surface area contributed by atoms with Gasteiger partial charge in [0.2, 0.25) is 0 Å². The van der Waals surface area contributed by atoms with Crippen molar-refractivity contribution >= 4 is 11.1 Å². The van der Waals surface area contributed by atoms with E-state index in [0.29, 0.717) is 5.92 Å². The van der Waals surface area contributed by atoms with Gasteiger partial charge in [-0.3, -0.25) is 0 Å². The molecule has 0 N–H and O–H groups in total. The van der Waals surface area contributed by atoms with Gasteiger partial charge in [-0.05, 0) is 138 Å². The summed E-state index contributed by atoms with van der Waals surface area (Å²) in [6, 6.07) is 11.4. The summed E-state index contributed by atoms with van der Waals surface area (Å²) in [6.45, 7) is 41.7. The minimum absolute atomic E-state index is 0. The number of hydrogen-bond donors (Lipinski definition) is 0. The van der Waals surface area contributed by atoms with Gasteiger partial charge in [-0.25, -0.2) is 0 Å². The average molecular weight is 559 g/mol. The smallest absolute Gasteiger partial charge is 0.0194 e. The van der Waals surface area contributed by atoms with Crippen molar-refractivity contribution in [2.24, 2.45) is 16.2 Å². The molecule has 3 atom stereocenters. The Hall–Kier alpha value is -3.12. The number of rotatable bonds is 4. The highest BCUT2D eigenvalue weighted by atomic mass is 14.6. The van der Waals surface area contributed by atoms with Gasteiger partial charge in [0.1, 0.15) is 0 Å². The van der Waals surface area contributed by atoms with Gasteiger partial charge in [0.15, 0.2) is 0 Å². The van der Waals surface area contributed by atoms with Crippen LogP contribution in [0.3, 0.4) is 0 Å². The van der Waals surface area contributed by atoms with Crippen LogP contribution in [0.5, 0.6) is 0 Å². The molecule has 0 amide bonds. The molecule has 0 aromatic heterocycles. The molecule has 0 saturated heterocycles. The quantitative estimate of drug-likeness (QED) is 0.350. The van der Waals surface area contributed by atoms with E-state index in [0.717, 1.165) is 30.4 Å². The first-order valence-corrected chi connectivity index (χ1v) is 15.4. The fourth-order valence-electron chi connectivity index (χ4n) is 9.39. The third kappa shape index (κ3) is 4.24. The van der Waals surface area contributed by atoms with Crippen LogP contribution in [0.2, 0.25) is 0 Å². The van der Waals surface area contributed by atoms with Crippen LogP contribution in [-0.4, -0.2) is 0 Å². The number of hydrogen-bond acceptors (Lipinski definition) is 0. The maximum atomic E-state index is 4.93. The van der Waals surface area contributed by atoms with Gasteiger partial charge in [-0.15, -0.1) is 0 Å². The van der Waals surface area contributed by atoms with Crippen molar-refractivity contribution < 1.29 is 0 Å². The summed E-state index contributed by atoms with van der Waals surface area (Å²) in [5.74, 6) is 0.428. The summed E-state index contributed by atoms with van der Waals surface area (Å²) in [4.78, 5) is 0. The minimum Gasteiger partial charge on any atom is -0.0955 e. The molecule has 0 saturated carbocycles. The van der Waals surface area contributed by atoms with Gasteiger partial charge in [-0.2, -0.15) is 0 Å². The highest BCUT2D eigenvalue weighted by molar-refractivity contribution is 5.90. The van der Waals surface area contributed by atoms with E-state index in [1.807, 2.05) is 0 Å². The van der Waals surface area contributed by atoms with Crippen LogP contribution in [0.1, 0.15) is 116 Å². The number of allylic oxidation sites excluding steroid dienone is 8. The first kappa shape index (κ1) is 31.8.